The predicted molar refractivity (Wildman–Crippen MR) is 84.6 cm³/mol. The molecule has 20 heavy (non-hydrogen) atoms. The number of aryl methyl sites for hydroxylation is 1. The van der Waals surface area contributed by atoms with Crippen LogP contribution in [0.5, 0.6) is 5.75 Å². The van der Waals surface area contributed by atoms with E-state index in [2.05, 4.69) is 13.8 Å². The van der Waals surface area contributed by atoms with E-state index in [-0.39, 0.29) is 5.75 Å². The summed E-state index contributed by atoms with van der Waals surface area (Å²) in [4.78, 5) is 0. The van der Waals surface area contributed by atoms with E-state index in [0.29, 0.717) is 25.4 Å². The van der Waals surface area contributed by atoms with Crippen molar-refractivity contribution in [1.82, 2.24) is 0 Å². The van der Waals surface area contributed by atoms with Gasteiger partial charge in [0, 0.05) is 15.7 Å². The van der Waals surface area contributed by atoms with Crippen molar-refractivity contribution in [3.63, 3.8) is 0 Å². The number of benzene rings is 1. The van der Waals surface area contributed by atoms with Crippen LogP contribution >= 0.6 is 22.3 Å². The van der Waals surface area contributed by atoms with Crippen LogP contribution in [0.2, 0.25) is 5.02 Å². The lowest BCUT2D eigenvalue weighted by molar-refractivity contribution is 0.307. The molecule has 0 unspecified atom stereocenters. The van der Waals surface area contributed by atoms with Crippen LogP contribution in [0.15, 0.2) is 12.1 Å². The summed E-state index contributed by atoms with van der Waals surface area (Å²) in [5.74, 6) is 1.10. The molecule has 0 radical (unpaired) electrons. The Bertz CT molecular complexity index is 554. The highest BCUT2D eigenvalue weighted by Gasteiger charge is 2.10. The fourth-order valence-corrected chi connectivity index (χ4v) is 3.14. The second-order valence-corrected chi connectivity index (χ2v) is 8.40. The molecule has 6 heteroatoms. The van der Waals surface area contributed by atoms with E-state index < -0.39 is 9.05 Å². The van der Waals surface area contributed by atoms with Crippen molar-refractivity contribution in [2.75, 3.05) is 12.4 Å². The van der Waals surface area contributed by atoms with Crippen molar-refractivity contribution in [3.05, 3.63) is 28.3 Å². The topological polar surface area (TPSA) is 43.4 Å². The van der Waals surface area contributed by atoms with Crippen LogP contribution in [0.1, 0.15) is 43.7 Å². The molecular formula is C14H20Cl2O3S. The molecule has 0 bridgehead atoms. The highest BCUT2D eigenvalue weighted by atomic mass is 35.7. The largest absolute Gasteiger partial charge is 0.493 e. The van der Waals surface area contributed by atoms with E-state index in [1.165, 1.54) is 0 Å². The first-order valence-corrected chi connectivity index (χ1v) is 9.41. The molecule has 0 atom stereocenters. The Hall–Kier alpha value is -0.450. The summed E-state index contributed by atoms with van der Waals surface area (Å²) < 4.78 is 27.3. The van der Waals surface area contributed by atoms with E-state index >= 15 is 0 Å². The van der Waals surface area contributed by atoms with Gasteiger partial charge in [-0.15, -0.1) is 0 Å². The molecule has 0 heterocycles. The molecule has 0 amide bonds. The standard InChI is InChI=1S/C14H20Cl2O3S/c1-10(2)12-9-14(11(3)8-13(12)15)19-6-4-5-7-20(16,17)18/h8-10H,4-7H2,1-3H3. The lowest BCUT2D eigenvalue weighted by atomic mass is 10.0. The third kappa shape index (κ3) is 5.90. The average molecular weight is 339 g/mol. The van der Waals surface area contributed by atoms with Gasteiger partial charge in [-0.05, 0) is 48.9 Å². The van der Waals surface area contributed by atoms with Gasteiger partial charge in [-0.3, -0.25) is 0 Å². The molecule has 1 aromatic rings. The Balaban J connectivity index is 2.58. The van der Waals surface area contributed by atoms with Crippen LogP contribution in [0.4, 0.5) is 0 Å². The van der Waals surface area contributed by atoms with Gasteiger partial charge < -0.3 is 4.74 Å². The minimum Gasteiger partial charge on any atom is -0.493 e. The van der Waals surface area contributed by atoms with Crippen molar-refractivity contribution in [2.45, 2.75) is 39.5 Å². The predicted octanol–water partition coefficient (Wildman–Crippen LogP) is 4.50. The summed E-state index contributed by atoms with van der Waals surface area (Å²) in [7, 11) is 1.74. The maximum atomic E-state index is 10.8. The summed E-state index contributed by atoms with van der Waals surface area (Å²) in [5, 5.41) is 0.748. The van der Waals surface area contributed by atoms with Gasteiger partial charge in [0.2, 0.25) is 9.05 Å². The Morgan fingerprint density at radius 3 is 2.45 bits per heavy atom. The van der Waals surface area contributed by atoms with Crippen molar-refractivity contribution in [2.24, 2.45) is 0 Å². The Morgan fingerprint density at radius 1 is 1.25 bits per heavy atom. The Kier molecular flexibility index (Phi) is 6.62. The Labute approximate surface area is 130 Å². The third-order valence-electron chi connectivity index (χ3n) is 2.96. The lowest BCUT2D eigenvalue weighted by Gasteiger charge is -2.14. The molecule has 1 aromatic carbocycles. The van der Waals surface area contributed by atoms with E-state index in [9.17, 15) is 8.42 Å². The zero-order valence-corrected chi connectivity index (χ0v) is 14.3. The highest BCUT2D eigenvalue weighted by molar-refractivity contribution is 8.13. The SMILES string of the molecule is Cc1cc(Cl)c(C(C)C)cc1OCCCCS(=O)(=O)Cl. The second-order valence-electron chi connectivity index (χ2n) is 5.09. The molecule has 0 N–H and O–H groups in total. The summed E-state index contributed by atoms with van der Waals surface area (Å²) >= 11 is 6.19. The fourth-order valence-electron chi connectivity index (χ4n) is 1.83. The smallest absolute Gasteiger partial charge is 0.232 e. The number of rotatable bonds is 7. The van der Waals surface area contributed by atoms with Gasteiger partial charge >= 0.3 is 0 Å². The van der Waals surface area contributed by atoms with Crippen LogP contribution in [0.25, 0.3) is 0 Å². The Morgan fingerprint density at radius 2 is 1.90 bits per heavy atom. The van der Waals surface area contributed by atoms with Crippen LogP contribution in [-0.4, -0.2) is 20.8 Å². The van der Waals surface area contributed by atoms with Crippen molar-refractivity contribution < 1.29 is 13.2 Å². The van der Waals surface area contributed by atoms with E-state index in [0.717, 1.165) is 21.9 Å². The normalized spacial score (nSPS) is 11.9. The lowest BCUT2D eigenvalue weighted by Crippen LogP contribution is -2.04. The maximum Gasteiger partial charge on any atom is 0.232 e. The summed E-state index contributed by atoms with van der Waals surface area (Å²) in [6, 6.07) is 3.86. The van der Waals surface area contributed by atoms with Gasteiger partial charge in [0.05, 0.1) is 12.4 Å². The number of unbranched alkanes of at least 4 members (excludes halogenated alkanes) is 1. The zero-order valence-electron chi connectivity index (χ0n) is 11.9. The molecule has 0 saturated carbocycles. The molecule has 3 nitrogen and oxygen atoms in total. The minimum atomic E-state index is -3.40. The van der Waals surface area contributed by atoms with Gasteiger partial charge in [0.1, 0.15) is 5.75 Å². The molecular weight excluding hydrogens is 319 g/mol. The molecule has 0 fully saturated rings. The van der Waals surface area contributed by atoms with E-state index in [4.69, 9.17) is 27.0 Å². The monoisotopic (exact) mass is 338 g/mol. The molecule has 114 valence electrons. The molecule has 0 saturated heterocycles. The summed E-state index contributed by atoms with van der Waals surface area (Å²) in [5.41, 5.74) is 2.03. The summed E-state index contributed by atoms with van der Waals surface area (Å²) in [6.07, 6.45) is 1.14. The molecule has 0 aliphatic carbocycles. The first-order valence-electron chi connectivity index (χ1n) is 6.56. The zero-order chi connectivity index (χ0) is 15.3. The maximum absolute atomic E-state index is 10.8. The minimum absolute atomic E-state index is 0.0191. The number of hydrogen-bond donors (Lipinski definition) is 0. The van der Waals surface area contributed by atoms with Crippen LogP contribution in [0.3, 0.4) is 0 Å². The first kappa shape index (κ1) is 17.6. The van der Waals surface area contributed by atoms with Gasteiger partial charge in [-0.25, -0.2) is 8.42 Å². The average Bonchev–Trinajstić information content (AvgIpc) is 2.29. The van der Waals surface area contributed by atoms with Gasteiger partial charge in [0.15, 0.2) is 0 Å². The van der Waals surface area contributed by atoms with Gasteiger partial charge in [0.25, 0.3) is 0 Å². The van der Waals surface area contributed by atoms with Crippen LogP contribution in [0, 0.1) is 6.92 Å². The highest BCUT2D eigenvalue weighted by Crippen LogP contribution is 2.31. The van der Waals surface area contributed by atoms with Crippen LogP contribution < -0.4 is 4.74 Å². The van der Waals surface area contributed by atoms with E-state index in [1.54, 1.807) is 0 Å². The third-order valence-corrected chi connectivity index (χ3v) is 4.52. The number of hydrogen-bond acceptors (Lipinski definition) is 3. The molecule has 1 rings (SSSR count). The van der Waals surface area contributed by atoms with Gasteiger partial charge in [-0.2, -0.15) is 0 Å². The molecule has 0 aromatic heterocycles. The fraction of sp³-hybridized carbons (Fsp3) is 0.571. The molecule has 0 spiro atoms. The van der Waals surface area contributed by atoms with Crippen molar-refractivity contribution >= 4 is 31.3 Å². The van der Waals surface area contributed by atoms with Crippen molar-refractivity contribution in [3.8, 4) is 5.75 Å². The van der Waals surface area contributed by atoms with Crippen LogP contribution in [-0.2, 0) is 9.05 Å². The summed E-state index contributed by atoms with van der Waals surface area (Å²) in [6.45, 7) is 6.55. The molecule has 0 aliphatic heterocycles. The first-order chi connectivity index (χ1) is 9.20. The molecule has 0 aliphatic rings. The number of halogens is 2. The van der Waals surface area contributed by atoms with E-state index in [1.807, 2.05) is 19.1 Å². The second kappa shape index (κ2) is 7.53. The van der Waals surface area contributed by atoms with Crippen molar-refractivity contribution in [1.29, 1.82) is 0 Å². The number of ether oxygens (including phenoxy) is 1. The quantitative estimate of drug-likeness (QED) is 0.543. The van der Waals surface area contributed by atoms with Gasteiger partial charge in [-0.1, -0.05) is 25.4 Å².